The number of nitriles is 1. The van der Waals surface area contributed by atoms with Crippen LogP contribution in [-0.4, -0.2) is 44.5 Å². The van der Waals surface area contributed by atoms with Gasteiger partial charge in [-0.3, -0.25) is 19.7 Å². The Balaban J connectivity index is 1.45. The van der Waals surface area contributed by atoms with Crippen molar-refractivity contribution in [1.29, 1.82) is 5.26 Å². The zero-order valence-corrected chi connectivity index (χ0v) is 16.3. The van der Waals surface area contributed by atoms with Gasteiger partial charge in [-0.2, -0.15) is 5.26 Å². The second-order valence-electron chi connectivity index (χ2n) is 7.41. The van der Waals surface area contributed by atoms with E-state index < -0.39 is 5.67 Å². The summed E-state index contributed by atoms with van der Waals surface area (Å²) in [4.78, 5) is 27.4. The van der Waals surface area contributed by atoms with Gasteiger partial charge in [0.2, 0.25) is 0 Å². The number of carbonyl (C=O) groups excluding carboxylic acids is 1. The Bertz CT molecular complexity index is 1070. The zero-order chi connectivity index (χ0) is 21.0. The van der Waals surface area contributed by atoms with Crippen molar-refractivity contribution in [2.24, 2.45) is 0 Å². The summed E-state index contributed by atoms with van der Waals surface area (Å²) < 4.78 is 15.4. The van der Waals surface area contributed by atoms with Crippen molar-refractivity contribution in [3.8, 4) is 17.3 Å². The fraction of sp³-hybridized carbons (Fsp3) is 0.261. The maximum Gasteiger partial charge on any atom is 0.256 e. The number of piperidine rings is 1. The van der Waals surface area contributed by atoms with Crippen LogP contribution in [-0.2, 0) is 6.42 Å². The topological polar surface area (TPSA) is 82.8 Å². The van der Waals surface area contributed by atoms with Gasteiger partial charge in [-0.05, 0) is 49.2 Å². The molecule has 0 radical (unpaired) electrons. The highest BCUT2D eigenvalue weighted by Gasteiger charge is 2.37. The van der Waals surface area contributed by atoms with E-state index in [9.17, 15) is 4.79 Å². The molecule has 1 amide bonds. The predicted molar refractivity (Wildman–Crippen MR) is 109 cm³/mol. The lowest BCUT2D eigenvalue weighted by Crippen LogP contribution is -2.45. The van der Waals surface area contributed by atoms with Gasteiger partial charge >= 0.3 is 0 Å². The molecular weight excluding hydrogens is 381 g/mol. The average Bonchev–Trinajstić information content (AvgIpc) is 2.80. The van der Waals surface area contributed by atoms with Gasteiger partial charge in [-0.1, -0.05) is 0 Å². The molecule has 0 bridgehead atoms. The van der Waals surface area contributed by atoms with Gasteiger partial charge in [0, 0.05) is 55.6 Å². The maximum atomic E-state index is 15.4. The van der Waals surface area contributed by atoms with Crippen molar-refractivity contribution in [2.45, 2.75) is 24.9 Å². The average molecular weight is 401 g/mol. The molecule has 1 aliphatic rings. The molecule has 0 saturated carbocycles. The molecule has 30 heavy (non-hydrogen) atoms. The van der Waals surface area contributed by atoms with Gasteiger partial charge in [-0.25, -0.2) is 4.39 Å². The van der Waals surface area contributed by atoms with Crippen LogP contribution in [0, 0.1) is 11.3 Å². The summed E-state index contributed by atoms with van der Waals surface area (Å²) in [6.07, 6.45) is 7.09. The standard InChI is InChI=1S/C23H20FN5O/c24-23(14-19-4-3-17(15-25)16-28-19)7-12-29(13-8-23)22(30)20-2-1-9-27-21(20)18-5-10-26-11-6-18/h1-6,9-11,16H,7-8,12-14H2. The Kier molecular flexibility index (Phi) is 5.48. The van der Waals surface area contributed by atoms with E-state index in [0.717, 1.165) is 5.56 Å². The van der Waals surface area contributed by atoms with E-state index in [1.165, 1.54) is 6.20 Å². The lowest BCUT2D eigenvalue weighted by atomic mass is 9.88. The highest BCUT2D eigenvalue weighted by atomic mass is 19.1. The molecule has 0 spiro atoms. The van der Waals surface area contributed by atoms with Crippen LogP contribution in [0.2, 0.25) is 0 Å². The number of hydrogen-bond donors (Lipinski definition) is 0. The van der Waals surface area contributed by atoms with Crippen LogP contribution in [0.15, 0.2) is 61.2 Å². The third-order valence-electron chi connectivity index (χ3n) is 5.39. The first-order valence-corrected chi connectivity index (χ1v) is 9.77. The van der Waals surface area contributed by atoms with Crippen LogP contribution < -0.4 is 0 Å². The largest absolute Gasteiger partial charge is 0.338 e. The van der Waals surface area contributed by atoms with E-state index in [2.05, 4.69) is 15.0 Å². The number of likely N-dealkylation sites (tertiary alicyclic amines) is 1. The van der Waals surface area contributed by atoms with Gasteiger partial charge < -0.3 is 4.90 Å². The summed E-state index contributed by atoms with van der Waals surface area (Å²) in [5.74, 6) is -0.145. The number of carbonyl (C=O) groups is 1. The van der Waals surface area contributed by atoms with Gasteiger partial charge in [-0.15, -0.1) is 0 Å². The van der Waals surface area contributed by atoms with Crippen LogP contribution in [0.3, 0.4) is 0 Å². The maximum absolute atomic E-state index is 15.4. The quantitative estimate of drug-likeness (QED) is 0.667. The summed E-state index contributed by atoms with van der Waals surface area (Å²) in [6.45, 7) is 0.659. The van der Waals surface area contributed by atoms with Crippen LogP contribution in [0.1, 0.15) is 34.5 Å². The molecule has 1 saturated heterocycles. The van der Waals surface area contributed by atoms with E-state index in [-0.39, 0.29) is 25.2 Å². The molecule has 0 atom stereocenters. The van der Waals surface area contributed by atoms with E-state index in [1.807, 2.05) is 18.2 Å². The first kappa shape index (κ1) is 19.6. The Morgan fingerprint density at radius 2 is 1.87 bits per heavy atom. The van der Waals surface area contributed by atoms with Crippen LogP contribution in [0.5, 0.6) is 0 Å². The molecule has 4 rings (SSSR count). The van der Waals surface area contributed by atoms with E-state index in [0.29, 0.717) is 35.6 Å². The van der Waals surface area contributed by atoms with Crippen molar-refractivity contribution in [3.05, 3.63) is 78.0 Å². The summed E-state index contributed by atoms with van der Waals surface area (Å²) in [5, 5.41) is 8.86. The Hall–Kier alpha value is -3.66. The molecule has 3 aromatic heterocycles. The van der Waals surface area contributed by atoms with Crippen molar-refractivity contribution in [1.82, 2.24) is 19.9 Å². The van der Waals surface area contributed by atoms with Crippen LogP contribution >= 0.6 is 0 Å². The minimum absolute atomic E-state index is 0.145. The molecule has 6 nitrogen and oxygen atoms in total. The van der Waals surface area contributed by atoms with E-state index in [4.69, 9.17) is 5.26 Å². The highest BCUT2D eigenvalue weighted by Crippen LogP contribution is 2.31. The van der Waals surface area contributed by atoms with E-state index in [1.54, 1.807) is 47.8 Å². The Labute approximate surface area is 174 Å². The molecule has 1 fully saturated rings. The fourth-order valence-corrected chi connectivity index (χ4v) is 3.70. The number of alkyl halides is 1. The predicted octanol–water partition coefficient (Wildman–Crippen LogP) is 3.60. The molecule has 3 aromatic rings. The number of aromatic nitrogens is 3. The summed E-state index contributed by atoms with van der Waals surface area (Å²) >= 11 is 0. The van der Waals surface area contributed by atoms with Crippen molar-refractivity contribution < 1.29 is 9.18 Å². The molecule has 0 N–H and O–H groups in total. The molecule has 1 aliphatic heterocycles. The van der Waals surface area contributed by atoms with Crippen molar-refractivity contribution in [2.75, 3.05) is 13.1 Å². The van der Waals surface area contributed by atoms with Crippen LogP contribution in [0.25, 0.3) is 11.3 Å². The number of rotatable bonds is 4. The normalized spacial score (nSPS) is 15.4. The third kappa shape index (κ3) is 4.18. The molecule has 4 heterocycles. The van der Waals surface area contributed by atoms with Gasteiger partial charge in [0.05, 0.1) is 16.8 Å². The minimum atomic E-state index is -1.42. The fourth-order valence-electron chi connectivity index (χ4n) is 3.70. The molecule has 0 unspecified atom stereocenters. The number of hydrogen-bond acceptors (Lipinski definition) is 5. The molecule has 0 aromatic carbocycles. The van der Waals surface area contributed by atoms with Gasteiger partial charge in [0.25, 0.3) is 5.91 Å². The van der Waals surface area contributed by atoms with Crippen molar-refractivity contribution >= 4 is 5.91 Å². The molecular formula is C23H20FN5O. The summed E-state index contributed by atoms with van der Waals surface area (Å²) in [5.41, 5.74) is 1.57. The summed E-state index contributed by atoms with van der Waals surface area (Å²) in [6, 6.07) is 12.5. The smallest absolute Gasteiger partial charge is 0.256 e. The lowest BCUT2D eigenvalue weighted by molar-refractivity contribution is 0.0434. The number of nitrogens with zero attached hydrogens (tertiary/aromatic N) is 5. The monoisotopic (exact) mass is 401 g/mol. The second-order valence-corrected chi connectivity index (χ2v) is 7.41. The van der Waals surface area contributed by atoms with Crippen LogP contribution in [0.4, 0.5) is 4.39 Å². The lowest BCUT2D eigenvalue weighted by Gasteiger charge is -2.36. The van der Waals surface area contributed by atoms with Crippen molar-refractivity contribution in [3.63, 3.8) is 0 Å². The number of halogens is 1. The van der Waals surface area contributed by atoms with Gasteiger partial charge in [0.15, 0.2) is 0 Å². The minimum Gasteiger partial charge on any atom is -0.338 e. The zero-order valence-electron chi connectivity index (χ0n) is 16.3. The first-order chi connectivity index (χ1) is 14.6. The number of pyridine rings is 3. The van der Waals surface area contributed by atoms with E-state index >= 15 is 4.39 Å². The molecule has 0 aliphatic carbocycles. The molecule has 7 heteroatoms. The first-order valence-electron chi connectivity index (χ1n) is 9.77. The third-order valence-corrected chi connectivity index (χ3v) is 5.39. The summed E-state index contributed by atoms with van der Waals surface area (Å²) in [7, 11) is 0. The SMILES string of the molecule is N#Cc1ccc(CC2(F)CCN(C(=O)c3cccnc3-c3ccncc3)CC2)nc1. The molecule has 150 valence electrons. The Morgan fingerprint density at radius 3 is 2.53 bits per heavy atom. The Morgan fingerprint density at radius 1 is 1.10 bits per heavy atom. The second kappa shape index (κ2) is 8.37. The highest BCUT2D eigenvalue weighted by molar-refractivity contribution is 5.99. The van der Waals surface area contributed by atoms with Gasteiger partial charge in [0.1, 0.15) is 11.7 Å². The number of amides is 1.